The normalized spacial score (nSPS) is 41.1. The summed E-state index contributed by atoms with van der Waals surface area (Å²) in [6.07, 6.45) is 21.2. The lowest BCUT2D eigenvalue weighted by atomic mass is 9.44. The Balaban J connectivity index is 1.30. The molecule has 4 aliphatic rings. The zero-order valence-electron chi connectivity index (χ0n) is 23.4. The van der Waals surface area contributed by atoms with E-state index >= 15 is 0 Å². The molecule has 4 fully saturated rings. The summed E-state index contributed by atoms with van der Waals surface area (Å²) in [5, 5.41) is 0. The van der Waals surface area contributed by atoms with Crippen molar-refractivity contribution in [3.05, 3.63) is 0 Å². The average Bonchev–Trinajstić information content (AvgIpc) is 3.19. The lowest BCUT2D eigenvalue weighted by molar-refractivity contribution is -0.145. The van der Waals surface area contributed by atoms with Crippen molar-refractivity contribution in [2.24, 2.45) is 52.3 Å². The molecular formula is C32H56O2. The van der Waals surface area contributed by atoms with Gasteiger partial charge in [-0.2, -0.15) is 0 Å². The van der Waals surface area contributed by atoms with Crippen LogP contribution in [-0.2, 0) is 9.53 Å². The minimum atomic E-state index is 0.0498. The van der Waals surface area contributed by atoms with E-state index in [2.05, 4.69) is 34.6 Å². The standard InChI is InChI=1S/C32H56O2/c1-6-8-11-24(7-2)22-34-30(33)18-13-23(3)27-16-17-28-26-15-14-25-12-9-10-20-31(25,4)29(26)19-21-32(27,28)5/h23-29H,6-22H2,1-5H3/t23-,24?,25?,26+,27-,28+,29+,31+,32-/m1/s1. The highest BCUT2D eigenvalue weighted by Gasteiger charge is 2.60. The molecule has 4 saturated carbocycles. The van der Waals surface area contributed by atoms with E-state index in [1.165, 1.54) is 83.5 Å². The fraction of sp³-hybridized carbons (Fsp3) is 0.969. The second-order valence-corrected chi connectivity index (χ2v) is 13.7. The average molecular weight is 473 g/mol. The van der Waals surface area contributed by atoms with Crippen LogP contribution in [0.3, 0.4) is 0 Å². The van der Waals surface area contributed by atoms with Gasteiger partial charge in [-0.3, -0.25) is 4.79 Å². The third kappa shape index (κ3) is 5.13. The lowest BCUT2D eigenvalue weighted by Gasteiger charge is -2.61. The maximum absolute atomic E-state index is 12.6. The Morgan fingerprint density at radius 3 is 2.47 bits per heavy atom. The molecule has 0 aliphatic heterocycles. The monoisotopic (exact) mass is 472 g/mol. The van der Waals surface area contributed by atoms with Crippen LogP contribution in [0.1, 0.15) is 137 Å². The molecule has 2 nitrogen and oxygen atoms in total. The van der Waals surface area contributed by atoms with Crippen molar-refractivity contribution in [1.82, 2.24) is 0 Å². The predicted octanol–water partition coefficient (Wildman–Crippen LogP) is 9.21. The molecule has 0 aromatic heterocycles. The first-order valence-corrected chi connectivity index (χ1v) is 15.5. The minimum Gasteiger partial charge on any atom is -0.465 e. The second kappa shape index (κ2) is 11.2. The van der Waals surface area contributed by atoms with Crippen molar-refractivity contribution >= 4 is 5.97 Å². The number of rotatable bonds is 10. The topological polar surface area (TPSA) is 26.3 Å². The third-order valence-corrected chi connectivity index (χ3v) is 12.2. The van der Waals surface area contributed by atoms with E-state index in [-0.39, 0.29) is 5.97 Å². The SMILES string of the molecule is CCCCC(CC)COC(=O)CC[C@@H](C)[C@H]1CC[C@H]2[C@@H]3CCC4CCCC[C@]4(C)[C@H]3CC[C@]12C. The van der Waals surface area contributed by atoms with Crippen molar-refractivity contribution < 1.29 is 9.53 Å². The van der Waals surface area contributed by atoms with Crippen molar-refractivity contribution in [2.45, 2.75) is 137 Å². The van der Waals surface area contributed by atoms with Crippen LogP contribution in [0.5, 0.6) is 0 Å². The summed E-state index contributed by atoms with van der Waals surface area (Å²) < 4.78 is 5.73. The molecule has 4 aliphatic carbocycles. The van der Waals surface area contributed by atoms with Crippen molar-refractivity contribution in [2.75, 3.05) is 6.61 Å². The van der Waals surface area contributed by atoms with E-state index < -0.39 is 0 Å². The van der Waals surface area contributed by atoms with Crippen molar-refractivity contribution in [1.29, 1.82) is 0 Å². The number of esters is 1. The van der Waals surface area contributed by atoms with Gasteiger partial charge in [-0.05, 0) is 116 Å². The summed E-state index contributed by atoms with van der Waals surface area (Å²) in [5.74, 6) is 5.97. The molecule has 196 valence electrons. The molecule has 34 heavy (non-hydrogen) atoms. The second-order valence-electron chi connectivity index (χ2n) is 13.7. The molecule has 2 unspecified atom stereocenters. The molecule has 0 N–H and O–H groups in total. The van der Waals surface area contributed by atoms with Crippen LogP contribution in [0.2, 0.25) is 0 Å². The van der Waals surface area contributed by atoms with Crippen LogP contribution in [0.15, 0.2) is 0 Å². The highest BCUT2D eigenvalue weighted by atomic mass is 16.5. The van der Waals surface area contributed by atoms with Crippen LogP contribution in [0.25, 0.3) is 0 Å². The quantitative estimate of drug-likeness (QED) is 0.296. The van der Waals surface area contributed by atoms with Gasteiger partial charge in [0.25, 0.3) is 0 Å². The Morgan fingerprint density at radius 2 is 1.71 bits per heavy atom. The third-order valence-electron chi connectivity index (χ3n) is 12.2. The van der Waals surface area contributed by atoms with E-state index in [9.17, 15) is 4.79 Å². The molecule has 0 amide bonds. The molecular weight excluding hydrogens is 416 g/mol. The van der Waals surface area contributed by atoms with E-state index in [4.69, 9.17) is 4.74 Å². The summed E-state index contributed by atoms with van der Waals surface area (Å²) in [7, 11) is 0. The zero-order chi connectivity index (χ0) is 24.3. The molecule has 0 bridgehead atoms. The fourth-order valence-electron chi connectivity index (χ4n) is 10.00. The first kappa shape index (κ1) is 26.5. The number of hydrogen-bond donors (Lipinski definition) is 0. The van der Waals surface area contributed by atoms with Gasteiger partial charge < -0.3 is 4.74 Å². The molecule has 9 atom stereocenters. The summed E-state index contributed by atoms with van der Waals surface area (Å²) in [6, 6.07) is 0. The van der Waals surface area contributed by atoms with Gasteiger partial charge in [-0.25, -0.2) is 0 Å². The Bertz CT molecular complexity index is 672. The molecule has 2 heteroatoms. The lowest BCUT2D eigenvalue weighted by Crippen LogP contribution is -2.53. The molecule has 0 aromatic carbocycles. The molecule has 4 rings (SSSR count). The van der Waals surface area contributed by atoms with Crippen LogP contribution < -0.4 is 0 Å². The van der Waals surface area contributed by atoms with Gasteiger partial charge in [-0.15, -0.1) is 0 Å². The number of fused-ring (bicyclic) bond motifs is 5. The molecule has 0 aromatic rings. The van der Waals surface area contributed by atoms with E-state index in [1.807, 2.05) is 0 Å². The largest absolute Gasteiger partial charge is 0.465 e. The first-order chi connectivity index (χ1) is 16.3. The predicted molar refractivity (Wildman–Crippen MR) is 142 cm³/mol. The number of unbranched alkanes of at least 4 members (excludes halogenated alkanes) is 1. The smallest absolute Gasteiger partial charge is 0.305 e. The molecule has 0 spiro atoms. The summed E-state index contributed by atoms with van der Waals surface area (Å²) in [6.45, 7) is 12.9. The van der Waals surface area contributed by atoms with Gasteiger partial charge in [0.05, 0.1) is 6.61 Å². The Hall–Kier alpha value is -0.530. The Labute approximate surface area is 211 Å². The molecule has 0 heterocycles. The molecule has 0 radical (unpaired) electrons. The van der Waals surface area contributed by atoms with Gasteiger partial charge in [0.2, 0.25) is 0 Å². The fourth-order valence-corrected chi connectivity index (χ4v) is 10.00. The maximum atomic E-state index is 12.6. The Kier molecular flexibility index (Phi) is 8.78. The summed E-state index contributed by atoms with van der Waals surface area (Å²) in [5.41, 5.74) is 1.15. The van der Waals surface area contributed by atoms with Gasteiger partial charge in [0, 0.05) is 6.42 Å². The number of carbonyl (C=O) groups excluding carboxylic acids is 1. The highest BCUT2D eigenvalue weighted by molar-refractivity contribution is 5.69. The van der Waals surface area contributed by atoms with Crippen molar-refractivity contribution in [3.8, 4) is 0 Å². The number of ether oxygens (including phenoxy) is 1. The zero-order valence-corrected chi connectivity index (χ0v) is 23.4. The number of hydrogen-bond acceptors (Lipinski definition) is 2. The first-order valence-electron chi connectivity index (χ1n) is 15.5. The maximum Gasteiger partial charge on any atom is 0.305 e. The number of carbonyl (C=O) groups is 1. The van der Waals surface area contributed by atoms with Crippen LogP contribution in [-0.4, -0.2) is 12.6 Å². The highest BCUT2D eigenvalue weighted by Crippen LogP contribution is 2.68. The van der Waals surface area contributed by atoms with E-state index in [0.717, 1.165) is 42.4 Å². The van der Waals surface area contributed by atoms with Crippen LogP contribution >= 0.6 is 0 Å². The molecule has 0 saturated heterocycles. The van der Waals surface area contributed by atoms with E-state index in [1.54, 1.807) is 0 Å². The summed E-state index contributed by atoms with van der Waals surface area (Å²) >= 11 is 0. The van der Waals surface area contributed by atoms with Gasteiger partial charge in [-0.1, -0.05) is 66.7 Å². The summed E-state index contributed by atoms with van der Waals surface area (Å²) in [4.78, 5) is 12.6. The minimum absolute atomic E-state index is 0.0498. The van der Waals surface area contributed by atoms with E-state index in [0.29, 0.717) is 35.7 Å². The Morgan fingerprint density at radius 1 is 0.912 bits per heavy atom. The van der Waals surface area contributed by atoms with Crippen LogP contribution in [0.4, 0.5) is 0 Å². The van der Waals surface area contributed by atoms with Crippen molar-refractivity contribution in [3.63, 3.8) is 0 Å². The van der Waals surface area contributed by atoms with Gasteiger partial charge >= 0.3 is 5.97 Å². The van der Waals surface area contributed by atoms with Crippen LogP contribution in [0, 0.1) is 52.3 Å². The van der Waals surface area contributed by atoms with Gasteiger partial charge in [0.1, 0.15) is 0 Å². The van der Waals surface area contributed by atoms with Gasteiger partial charge in [0.15, 0.2) is 0 Å².